The average molecular weight is 378 g/mol. The van der Waals surface area contributed by atoms with Crippen LogP contribution in [0.25, 0.3) is 0 Å². The Hall–Kier alpha value is -1.96. The zero-order valence-electron chi connectivity index (χ0n) is 15.0. The molecule has 0 saturated carbocycles. The monoisotopic (exact) mass is 378 g/mol. The van der Waals surface area contributed by atoms with Crippen LogP contribution in [0.15, 0.2) is 47.4 Å². The molecule has 0 aromatic heterocycles. The van der Waals surface area contributed by atoms with Crippen LogP contribution in [0.5, 0.6) is 5.75 Å². The van der Waals surface area contributed by atoms with Gasteiger partial charge in [0.15, 0.2) is 0 Å². The second-order valence-corrected chi connectivity index (χ2v) is 8.38. The summed E-state index contributed by atoms with van der Waals surface area (Å²) in [5.41, 5.74) is 2.26. The lowest BCUT2D eigenvalue weighted by atomic mass is 10.1. The highest BCUT2D eigenvalue weighted by molar-refractivity contribution is 7.89. The van der Waals surface area contributed by atoms with Crippen LogP contribution in [0, 0.1) is 12.7 Å². The van der Waals surface area contributed by atoms with Gasteiger partial charge in [-0.1, -0.05) is 12.1 Å². The van der Waals surface area contributed by atoms with E-state index in [-0.39, 0.29) is 4.90 Å². The molecule has 7 heteroatoms. The van der Waals surface area contributed by atoms with Gasteiger partial charge in [-0.3, -0.25) is 4.90 Å². The molecular weight excluding hydrogens is 355 g/mol. The van der Waals surface area contributed by atoms with E-state index in [1.54, 1.807) is 7.11 Å². The van der Waals surface area contributed by atoms with Crippen molar-refractivity contribution in [3.63, 3.8) is 0 Å². The summed E-state index contributed by atoms with van der Waals surface area (Å²) in [4.78, 5) is 2.37. The Morgan fingerprint density at radius 1 is 1.04 bits per heavy atom. The van der Waals surface area contributed by atoms with Crippen LogP contribution in [0.1, 0.15) is 11.1 Å². The van der Waals surface area contributed by atoms with Gasteiger partial charge in [-0.15, -0.1) is 0 Å². The van der Waals surface area contributed by atoms with Crippen LogP contribution in [-0.4, -0.2) is 50.9 Å². The highest BCUT2D eigenvalue weighted by Gasteiger charge is 2.28. The minimum Gasteiger partial charge on any atom is -0.496 e. The minimum atomic E-state index is -3.57. The molecule has 1 saturated heterocycles. The molecule has 26 heavy (non-hydrogen) atoms. The third-order valence-corrected chi connectivity index (χ3v) is 6.56. The summed E-state index contributed by atoms with van der Waals surface area (Å²) in [5, 5.41) is 0. The number of methoxy groups -OCH3 is 1. The fourth-order valence-electron chi connectivity index (χ4n) is 3.18. The first-order valence-corrected chi connectivity index (χ1v) is 9.96. The van der Waals surface area contributed by atoms with Crippen LogP contribution in [0.4, 0.5) is 4.39 Å². The Labute approximate surface area is 154 Å². The number of hydrogen-bond donors (Lipinski definition) is 0. The van der Waals surface area contributed by atoms with Crippen LogP contribution >= 0.6 is 0 Å². The molecular formula is C19H23FN2O3S. The summed E-state index contributed by atoms with van der Waals surface area (Å²) in [6.07, 6.45) is 0. The van der Waals surface area contributed by atoms with Gasteiger partial charge in [0.25, 0.3) is 0 Å². The molecule has 140 valence electrons. The van der Waals surface area contributed by atoms with Gasteiger partial charge in [-0.25, -0.2) is 12.8 Å². The number of sulfonamides is 1. The molecule has 5 nitrogen and oxygen atoms in total. The van der Waals surface area contributed by atoms with Crippen molar-refractivity contribution >= 4 is 10.0 Å². The van der Waals surface area contributed by atoms with Gasteiger partial charge < -0.3 is 4.74 Å². The molecule has 0 bridgehead atoms. The molecule has 0 amide bonds. The van der Waals surface area contributed by atoms with E-state index in [4.69, 9.17) is 4.74 Å². The molecule has 3 rings (SSSR count). The predicted molar refractivity (Wildman–Crippen MR) is 98.2 cm³/mol. The van der Waals surface area contributed by atoms with Crippen LogP contribution in [0.2, 0.25) is 0 Å². The van der Waals surface area contributed by atoms with E-state index >= 15 is 0 Å². The third-order valence-electron chi connectivity index (χ3n) is 4.65. The topological polar surface area (TPSA) is 49.9 Å². The Morgan fingerprint density at radius 3 is 2.27 bits per heavy atom. The van der Waals surface area contributed by atoms with Gasteiger partial charge in [0.2, 0.25) is 10.0 Å². The molecule has 0 N–H and O–H groups in total. The van der Waals surface area contributed by atoms with Crippen LogP contribution in [-0.2, 0) is 16.6 Å². The number of rotatable bonds is 5. The van der Waals surface area contributed by atoms with Gasteiger partial charge >= 0.3 is 0 Å². The van der Waals surface area contributed by atoms with E-state index < -0.39 is 15.8 Å². The molecule has 1 aliphatic heterocycles. The molecule has 1 aliphatic rings. The van der Waals surface area contributed by atoms with Crippen molar-refractivity contribution in [2.24, 2.45) is 0 Å². The number of ether oxygens (including phenoxy) is 1. The molecule has 1 heterocycles. The Bertz CT molecular complexity index is 861. The van der Waals surface area contributed by atoms with Gasteiger partial charge in [-0.05, 0) is 48.4 Å². The average Bonchev–Trinajstić information content (AvgIpc) is 2.63. The van der Waals surface area contributed by atoms with Crippen molar-refractivity contribution in [1.29, 1.82) is 0 Å². The SMILES string of the molecule is COc1ccc(CN2CCN(S(=O)(=O)c3ccc(F)cc3)CC2)cc1C. The highest BCUT2D eigenvalue weighted by atomic mass is 32.2. The zero-order valence-corrected chi connectivity index (χ0v) is 15.8. The van der Waals surface area contributed by atoms with E-state index in [1.807, 2.05) is 19.1 Å². The molecule has 0 unspecified atom stereocenters. The Balaban J connectivity index is 1.62. The number of benzene rings is 2. The van der Waals surface area contributed by atoms with E-state index in [0.717, 1.165) is 17.9 Å². The predicted octanol–water partition coefficient (Wildman–Crippen LogP) is 2.65. The lowest BCUT2D eigenvalue weighted by Crippen LogP contribution is -2.48. The Kier molecular flexibility index (Phi) is 5.60. The minimum absolute atomic E-state index is 0.137. The summed E-state index contributed by atoms with van der Waals surface area (Å²) in [7, 11) is -1.91. The molecule has 0 spiro atoms. The maximum Gasteiger partial charge on any atom is 0.243 e. The molecule has 1 fully saturated rings. The van der Waals surface area contributed by atoms with E-state index in [2.05, 4.69) is 11.0 Å². The molecule has 2 aromatic rings. The van der Waals surface area contributed by atoms with E-state index in [1.165, 1.54) is 34.1 Å². The number of aryl methyl sites for hydroxylation is 1. The molecule has 2 aromatic carbocycles. The fraction of sp³-hybridized carbons (Fsp3) is 0.368. The van der Waals surface area contributed by atoms with Crippen molar-refractivity contribution < 1.29 is 17.5 Å². The van der Waals surface area contributed by atoms with Gasteiger partial charge in [-0.2, -0.15) is 4.31 Å². The number of halogens is 1. The third kappa shape index (κ3) is 4.06. The maximum absolute atomic E-state index is 13.0. The zero-order chi connectivity index (χ0) is 18.7. The van der Waals surface area contributed by atoms with Crippen molar-refractivity contribution in [2.45, 2.75) is 18.4 Å². The van der Waals surface area contributed by atoms with Gasteiger partial charge in [0.1, 0.15) is 11.6 Å². The summed E-state index contributed by atoms with van der Waals surface area (Å²) < 4.78 is 45.1. The lowest BCUT2D eigenvalue weighted by Gasteiger charge is -2.34. The standard InChI is InChI=1S/C19H23FN2O3S/c1-15-13-16(3-8-19(15)25-2)14-21-9-11-22(12-10-21)26(23,24)18-6-4-17(20)5-7-18/h3-8,13H,9-12,14H2,1-2H3. The fourth-order valence-corrected chi connectivity index (χ4v) is 4.60. The summed E-state index contributed by atoms with van der Waals surface area (Å²) >= 11 is 0. The smallest absolute Gasteiger partial charge is 0.243 e. The maximum atomic E-state index is 13.0. The van der Waals surface area contributed by atoms with Gasteiger partial charge in [0.05, 0.1) is 12.0 Å². The largest absolute Gasteiger partial charge is 0.496 e. The molecule has 0 aliphatic carbocycles. The number of hydrogen-bond acceptors (Lipinski definition) is 4. The van der Waals surface area contributed by atoms with E-state index in [9.17, 15) is 12.8 Å². The van der Waals surface area contributed by atoms with Crippen molar-refractivity contribution in [1.82, 2.24) is 9.21 Å². The van der Waals surface area contributed by atoms with Crippen molar-refractivity contribution in [3.8, 4) is 5.75 Å². The number of nitrogens with zero attached hydrogens (tertiary/aromatic N) is 2. The second-order valence-electron chi connectivity index (χ2n) is 6.44. The quantitative estimate of drug-likeness (QED) is 0.803. The van der Waals surface area contributed by atoms with Crippen molar-refractivity contribution in [2.75, 3.05) is 33.3 Å². The first-order chi connectivity index (χ1) is 12.4. The summed E-state index contributed by atoms with van der Waals surface area (Å²) in [6, 6.07) is 11.1. The number of piperazine rings is 1. The van der Waals surface area contributed by atoms with E-state index in [0.29, 0.717) is 26.2 Å². The normalized spacial score (nSPS) is 16.6. The van der Waals surface area contributed by atoms with Gasteiger partial charge in [0, 0.05) is 32.7 Å². The molecule has 0 radical (unpaired) electrons. The summed E-state index contributed by atoms with van der Waals surface area (Å²) in [6.45, 7) is 4.95. The lowest BCUT2D eigenvalue weighted by molar-refractivity contribution is 0.181. The summed E-state index contributed by atoms with van der Waals surface area (Å²) in [5.74, 6) is 0.424. The second kappa shape index (κ2) is 7.73. The van der Waals surface area contributed by atoms with Crippen molar-refractivity contribution in [3.05, 3.63) is 59.4 Å². The highest BCUT2D eigenvalue weighted by Crippen LogP contribution is 2.21. The van der Waals surface area contributed by atoms with Crippen LogP contribution in [0.3, 0.4) is 0 Å². The first kappa shape index (κ1) is 18.8. The molecule has 0 atom stereocenters. The van der Waals surface area contributed by atoms with Crippen LogP contribution < -0.4 is 4.74 Å². The first-order valence-electron chi connectivity index (χ1n) is 8.52. The Morgan fingerprint density at radius 2 is 1.69 bits per heavy atom.